The Morgan fingerprint density at radius 2 is 1.89 bits per heavy atom. The fourth-order valence-corrected chi connectivity index (χ4v) is 2.94. The van der Waals surface area contributed by atoms with Crippen molar-refractivity contribution in [2.75, 3.05) is 17.7 Å². The molecule has 3 aromatic rings. The number of nitrogens with zero attached hydrogens (tertiary/aromatic N) is 1. The number of amides is 1. The van der Waals surface area contributed by atoms with Crippen LogP contribution >= 0.6 is 0 Å². The third-order valence-corrected chi connectivity index (χ3v) is 4.26. The summed E-state index contributed by atoms with van der Waals surface area (Å²) in [5.41, 5.74) is 1.45. The van der Waals surface area contributed by atoms with Crippen LogP contribution in [0.5, 0.6) is 5.75 Å². The van der Waals surface area contributed by atoms with Gasteiger partial charge in [-0.1, -0.05) is 6.07 Å². The lowest BCUT2D eigenvalue weighted by Crippen LogP contribution is -2.12. The van der Waals surface area contributed by atoms with Gasteiger partial charge in [0, 0.05) is 11.1 Å². The quantitative estimate of drug-likeness (QED) is 0.610. The molecule has 0 atom stereocenters. The number of anilines is 3. The predicted octanol–water partition coefficient (Wildman–Crippen LogP) is 2.82. The second-order valence-corrected chi connectivity index (χ2v) is 5.88. The fraction of sp³-hybridized carbons (Fsp3) is 0.0526. The van der Waals surface area contributed by atoms with Crippen LogP contribution in [0.4, 0.5) is 17.2 Å². The molecule has 0 saturated heterocycles. The minimum atomic E-state index is -1.11. The highest BCUT2D eigenvalue weighted by Gasteiger charge is 2.33. The molecule has 0 saturated carbocycles. The van der Waals surface area contributed by atoms with Crippen LogP contribution in [0.3, 0.4) is 0 Å². The molecule has 1 aliphatic rings. The number of rotatable bonds is 4. The normalized spacial score (nSPS) is 12.6. The summed E-state index contributed by atoms with van der Waals surface area (Å²) in [5.74, 6) is -1.61. The van der Waals surface area contributed by atoms with Crippen LogP contribution in [0, 0.1) is 0 Å². The molecule has 0 radical (unpaired) electrons. The highest BCUT2D eigenvalue weighted by atomic mass is 16.5. The van der Waals surface area contributed by atoms with E-state index in [2.05, 4.69) is 15.6 Å². The van der Waals surface area contributed by atoms with Crippen molar-refractivity contribution in [3.63, 3.8) is 0 Å². The Kier molecular flexibility index (Phi) is 3.73. The average Bonchev–Trinajstić information content (AvgIpc) is 2.97. The number of ether oxygens (including phenoxy) is 1. The first-order chi connectivity index (χ1) is 13.0. The zero-order valence-corrected chi connectivity index (χ0v) is 14.1. The highest BCUT2D eigenvalue weighted by molar-refractivity contribution is 6.54. The van der Waals surface area contributed by atoms with Gasteiger partial charge in [-0.3, -0.25) is 9.59 Å². The van der Waals surface area contributed by atoms with E-state index in [1.165, 1.54) is 18.2 Å². The predicted molar refractivity (Wildman–Crippen MR) is 97.9 cm³/mol. The second-order valence-electron chi connectivity index (χ2n) is 5.88. The van der Waals surface area contributed by atoms with E-state index in [0.717, 1.165) is 0 Å². The van der Waals surface area contributed by atoms with Crippen molar-refractivity contribution in [2.24, 2.45) is 0 Å². The molecule has 0 aliphatic carbocycles. The van der Waals surface area contributed by atoms with E-state index in [0.29, 0.717) is 22.3 Å². The second kappa shape index (κ2) is 6.10. The molecule has 0 unspecified atom stereocenters. The van der Waals surface area contributed by atoms with Crippen LogP contribution in [-0.2, 0) is 4.79 Å². The summed E-state index contributed by atoms with van der Waals surface area (Å²) in [5, 5.41) is 15.2. The largest absolute Gasteiger partial charge is 0.497 e. The van der Waals surface area contributed by atoms with Gasteiger partial charge in [0.2, 0.25) is 0 Å². The van der Waals surface area contributed by atoms with Crippen molar-refractivity contribution in [3.05, 3.63) is 53.6 Å². The number of aromatic nitrogens is 1. The standard InChI is InChI=1S/C19H13N3O5/c1-27-11-5-3-10(4-6-11)20-17-15-14(16(23)18(24)22-15)12-7-2-9(19(25)26)8-13(12)21-17/h2-8H,1H3,(H,20,21)(H,25,26)(H,22,23,24). The van der Waals surface area contributed by atoms with Gasteiger partial charge in [-0.2, -0.15) is 0 Å². The van der Waals surface area contributed by atoms with Crippen LogP contribution in [0.2, 0.25) is 0 Å². The van der Waals surface area contributed by atoms with E-state index in [9.17, 15) is 19.5 Å². The molecule has 2 heterocycles. The Hall–Kier alpha value is -3.94. The number of aromatic carboxylic acids is 1. The number of carboxylic acids is 1. The Bertz CT molecular complexity index is 1120. The van der Waals surface area contributed by atoms with E-state index in [1.807, 2.05) is 0 Å². The summed E-state index contributed by atoms with van der Waals surface area (Å²) < 4.78 is 5.11. The summed E-state index contributed by atoms with van der Waals surface area (Å²) >= 11 is 0. The lowest BCUT2D eigenvalue weighted by atomic mass is 10.0. The molecule has 0 spiro atoms. The minimum Gasteiger partial charge on any atom is -0.497 e. The van der Waals surface area contributed by atoms with Gasteiger partial charge >= 0.3 is 5.97 Å². The monoisotopic (exact) mass is 363 g/mol. The van der Waals surface area contributed by atoms with Crippen LogP contribution in [0.1, 0.15) is 20.7 Å². The molecule has 8 nitrogen and oxygen atoms in total. The Morgan fingerprint density at radius 1 is 1.15 bits per heavy atom. The number of carbonyl (C=O) groups is 3. The first kappa shape index (κ1) is 16.5. The maximum Gasteiger partial charge on any atom is 0.335 e. The van der Waals surface area contributed by atoms with E-state index in [1.54, 1.807) is 31.4 Å². The number of hydrogen-bond donors (Lipinski definition) is 3. The number of pyridine rings is 1. The molecule has 4 rings (SSSR count). The van der Waals surface area contributed by atoms with Gasteiger partial charge in [0.15, 0.2) is 5.82 Å². The van der Waals surface area contributed by atoms with Crippen LogP contribution in [0.25, 0.3) is 10.9 Å². The Balaban J connectivity index is 1.88. The van der Waals surface area contributed by atoms with Gasteiger partial charge in [-0.05, 0) is 36.4 Å². The van der Waals surface area contributed by atoms with Gasteiger partial charge in [0.25, 0.3) is 11.7 Å². The lowest BCUT2D eigenvalue weighted by Gasteiger charge is -2.12. The minimum absolute atomic E-state index is 0.0371. The van der Waals surface area contributed by atoms with Gasteiger partial charge < -0.3 is 20.5 Å². The molecule has 27 heavy (non-hydrogen) atoms. The number of methoxy groups -OCH3 is 1. The van der Waals surface area contributed by atoms with Crippen molar-refractivity contribution >= 4 is 45.8 Å². The maximum absolute atomic E-state index is 12.3. The van der Waals surface area contributed by atoms with Gasteiger partial charge in [0.1, 0.15) is 5.75 Å². The molecule has 2 aromatic carbocycles. The van der Waals surface area contributed by atoms with Crippen LogP contribution in [0.15, 0.2) is 42.5 Å². The smallest absolute Gasteiger partial charge is 0.335 e. The summed E-state index contributed by atoms with van der Waals surface area (Å²) in [6.45, 7) is 0. The van der Waals surface area contributed by atoms with Gasteiger partial charge in [-0.25, -0.2) is 9.78 Å². The molecular weight excluding hydrogens is 350 g/mol. The highest BCUT2D eigenvalue weighted by Crippen LogP contribution is 2.37. The number of carboxylic acid groups (broad SMARTS) is 1. The number of benzene rings is 2. The molecule has 1 aromatic heterocycles. The first-order valence-corrected chi connectivity index (χ1v) is 7.95. The molecule has 134 valence electrons. The topological polar surface area (TPSA) is 118 Å². The number of Topliss-reactive ketones (excluding diaryl/α,β-unsaturated/α-hetero) is 1. The number of hydrogen-bond acceptors (Lipinski definition) is 6. The zero-order chi connectivity index (χ0) is 19.1. The molecule has 3 N–H and O–H groups in total. The number of ketones is 1. The van der Waals surface area contributed by atoms with E-state index in [4.69, 9.17) is 4.74 Å². The number of carbonyl (C=O) groups excluding carboxylic acids is 2. The van der Waals surface area contributed by atoms with Crippen molar-refractivity contribution in [3.8, 4) is 5.75 Å². The maximum atomic E-state index is 12.3. The van der Waals surface area contributed by atoms with Gasteiger partial charge in [-0.15, -0.1) is 0 Å². The molecular formula is C19H13N3O5. The molecule has 1 aliphatic heterocycles. The third-order valence-electron chi connectivity index (χ3n) is 4.26. The zero-order valence-electron chi connectivity index (χ0n) is 14.1. The summed E-state index contributed by atoms with van der Waals surface area (Å²) in [6, 6.07) is 11.2. The first-order valence-electron chi connectivity index (χ1n) is 7.95. The molecule has 8 heteroatoms. The molecule has 0 fully saturated rings. The van der Waals surface area contributed by atoms with Crippen LogP contribution < -0.4 is 15.4 Å². The lowest BCUT2D eigenvalue weighted by molar-refractivity contribution is -0.112. The Labute approximate surface area is 152 Å². The van der Waals surface area contributed by atoms with Crippen molar-refractivity contribution in [2.45, 2.75) is 0 Å². The van der Waals surface area contributed by atoms with Crippen molar-refractivity contribution in [1.82, 2.24) is 4.98 Å². The average molecular weight is 363 g/mol. The van der Waals surface area contributed by atoms with E-state index >= 15 is 0 Å². The fourth-order valence-electron chi connectivity index (χ4n) is 2.94. The summed E-state index contributed by atoms with van der Waals surface area (Å²) in [7, 11) is 1.56. The van der Waals surface area contributed by atoms with E-state index < -0.39 is 17.7 Å². The summed E-state index contributed by atoms with van der Waals surface area (Å²) in [4.78, 5) is 39.9. The van der Waals surface area contributed by atoms with Crippen LogP contribution in [-0.4, -0.2) is 34.9 Å². The summed E-state index contributed by atoms with van der Waals surface area (Å²) in [6.07, 6.45) is 0. The number of nitrogens with one attached hydrogen (secondary N) is 2. The molecule has 0 bridgehead atoms. The molecule has 1 amide bonds. The Morgan fingerprint density at radius 3 is 2.56 bits per heavy atom. The van der Waals surface area contributed by atoms with Crippen molar-refractivity contribution < 1.29 is 24.2 Å². The third kappa shape index (κ3) is 2.73. The number of fused-ring (bicyclic) bond motifs is 3. The van der Waals surface area contributed by atoms with Gasteiger partial charge in [0.05, 0.1) is 29.4 Å². The van der Waals surface area contributed by atoms with Crippen molar-refractivity contribution in [1.29, 1.82) is 0 Å². The van der Waals surface area contributed by atoms with E-state index in [-0.39, 0.29) is 22.6 Å². The SMILES string of the molecule is COc1ccc(Nc2nc3cc(C(=O)O)ccc3c3c2NC(=O)C3=O)cc1.